The van der Waals surface area contributed by atoms with E-state index in [1.54, 1.807) is 0 Å². The number of hydrogen-bond acceptors (Lipinski definition) is 5. The molecule has 2 N–H and O–H groups in total. The Morgan fingerprint density at radius 1 is 1.12 bits per heavy atom. The van der Waals surface area contributed by atoms with Crippen molar-refractivity contribution in [2.24, 2.45) is 0 Å². The molecule has 1 aromatic carbocycles. The average Bonchev–Trinajstić information content (AvgIpc) is 2.29. The van der Waals surface area contributed by atoms with Crippen LogP contribution in [0.1, 0.15) is 10.4 Å². The van der Waals surface area contributed by atoms with Crippen LogP contribution >= 0.6 is 0 Å². The zero-order valence-corrected chi connectivity index (χ0v) is 8.76. The largest absolute Gasteiger partial charge is 0.508 e. The lowest BCUT2D eigenvalue weighted by Crippen LogP contribution is -2.12. The van der Waals surface area contributed by atoms with Gasteiger partial charge in [-0.05, 0) is 24.3 Å². The number of esters is 1. The second-order valence-corrected chi connectivity index (χ2v) is 3.02. The number of phenols is 1. The van der Waals surface area contributed by atoms with Gasteiger partial charge in [-0.2, -0.15) is 0 Å². The van der Waals surface area contributed by atoms with Crippen molar-refractivity contribution in [3.8, 4) is 5.75 Å². The molecule has 0 spiro atoms. The Kier molecular flexibility index (Phi) is 5.31. The van der Waals surface area contributed by atoms with Gasteiger partial charge in [0.05, 0.1) is 25.4 Å². The molecule has 5 nitrogen and oxygen atoms in total. The van der Waals surface area contributed by atoms with E-state index in [1.807, 2.05) is 0 Å². The summed E-state index contributed by atoms with van der Waals surface area (Å²) in [4.78, 5) is 11.4. The minimum absolute atomic E-state index is 0.0497. The molecule has 0 saturated carbocycles. The molecular formula is C11H14O5. The lowest BCUT2D eigenvalue weighted by atomic mass is 10.2. The number of ether oxygens (including phenoxy) is 2. The molecule has 0 aliphatic carbocycles. The van der Waals surface area contributed by atoms with Gasteiger partial charge < -0.3 is 19.7 Å². The highest BCUT2D eigenvalue weighted by Crippen LogP contribution is 2.10. The standard InChI is InChI=1S/C11H14O5/c12-5-6-15-7-8-16-11(14)9-1-3-10(13)4-2-9/h1-4,12-13H,5-8H2. The Morgan fingerprint density at radius 3 is 2.44 bits per heavy atom. The molecule has 0 aliphatic heterocycles. The molecule has 88 valence electrons. The van der Waals surface area contributed by atoms with Gasteiger partial charge in [0.15, 0.2) is 0 Å². The third-order valence-corrected chi connectivity index (χ3v) is 1.80. The Morgan fingerprint density at radius 2 is 1.81 bits per heavy atom. The van der Waals surface area contributed by atoms with Crippen molar-refractivity contribution in [1.29, 1.82) is 0 Å². The van der Waals surface area contributed by atoms with Gasteiger partial charge in [-0.15, -0.1) is 0 Å². The molecule has 16 heavy (non-hydrogen) atoms. The van der Waals surface area contributed by atoms with E-state index in [9.17, 15) is 4.79 Å². The van der Waals surface area contributed by atoms with Crippen LogP contribution in [-0.4, -0.2) is 42.6 Å². The van der Waals surface area contributed by atoms with E-state index in [1.165, 1.54) is 24.3 Å². The number of carbonyl (C=O) groups is 1. The summed E-state index contributed by atoms with van der Waals surface area (Å²) >= 11 is 0. The number of rotatable bonds is 6. The fourth-order valence-corrected chi connectivity index (χ4v) is 1.04. The normalized spacial score (nSPS) is 10.1. The molecule has 1 aromatic rings. The van der Waals surface area contributed by atoms with Gasteiger partial charge in [0.2, 0.25) is 0 Å². The number of aromatic hydroxyl groups is 1. The van der Waals surface area contributed by atoms with Crippen LogP contribution in [0, 0.1) is 0 Å². The number of carbonyl (C=O) groups excluding carboxylic acids is 1. The third-order valence-electron chi connectivity index (χ3n) is 1.80. The van der Waals surface area contributed by atoms with Crippen LogP contribution in [-0.2, 0) is 9.47 Å². The summed E-state index contributed by atoms with van der Waals surface area (Å²) in [6.07, 6.45) is 0. The van der Waals surface area contributed by atoms with Crippen LogP contribution in [0.5, 0.6) is 5.75 Å². The minimum Gasteiger partial charge on any atom is -0.508 e. The number of hydrogen-bond donors (Lipinski definition) is 2. The highest BCUT2D eigenvalue weighted by atomic mass is 16.6. The third kappa shape index (κ3) is 4.29. The number of aliphatic hydroxyl groups excluding tert-OH is 1. The van der Waals surface area contributed by atoms with E-state index in [-0.39, 0.29) is 32.2 Å². The summed E-state index contributed by atoms with van der Waals surface area (Å²) in [6.45, 7) is 0.576. The van der Waals surface area contributed by atoms with Crippen LogP contribution in [0.15, 0.2) is 24.3 Å². The molecular weight excluding hydrogens is 212 g/mol. The zero-order chi connectivity index (χ0) is 11.8. The maximum absolute atomic E-state index is 11.4. The molecule has 0 heterocycles. The first-order chi connectivity index (χ1) is 7.74. The summed E-state index contributed by atoms with van der Waals surface area (Å²) in [5.74, 6) is -0.365. The van der Waals surface area contributed by atoms with Gasteiger partial charge in [0.25, 0.3) is 0 Å². The van der Waals surface area contributed by atoms with Crippen molar-refractivity contribution >= 4 is 5.97 Å². The van der Waals surface area contributed by atoms with Crippen LogP contribution in [0.25, 0.3) is 0 Å². The van der Waals surface area contributed by atoms with Crippen LogP contribution in [0.2, 0.25) is 0 Å². The van der Waals surface area contributed by atoms with Crippen LogP contribution in [0.4, 0.5) is 0 Å². The minimum atomic E-state index is -0.465. The molecule has 5 heteroatoms. The quantitative estimate of drug-likeness (QED) is 0.547. The predicted octanol–water partition coefficient (Wildman–Crippen LogP) is 0.558. The summed E-state index contributed by atoms with van der Waals surface area (Å²) in [7, 11) is 0. The highest BCUT2D eigenvalue weighted by Gasteiger charge is 2.05. The van der Waals surface area contributed by atoms with Crippen molar-refractivity contribution in [2.45, 2.75) is 0 Å². The maximum atomic E-state index is 11.4. The summed E-state index contributed by atoms with van der Waals surface area (Å²) in [5.41, 5.74) is 0.375. The van der Waals surface area contributed by atoms with Gasteiger partial charge >= 0.3 is 5.97 Å². The van der Waals surface area contributed by atoms with Crippen LogP contribution < -0.4 is 0 Å². The van der Waals surface area contributed by atoms with E-state index >= 15 is 0 Å². The molecule has 1 rings (SSSR count). The smallest absolute Gasteiger partial charge is 0.338 e. The first-order valence-corrected chi connectivity index (χ1v) is 4.89. The average molecular weight is 226 g/mol. The van der Waals surface area contributed by atoms with E-state index in [4.69, 9.17) is 19.7 Å². The maximum Gasteiger partial charge on any atom is 0.338 e. The number of phenolic OH excluding ortho intramolecular Hbond substituents is 1. The van der Waals surface area contributed by atoms with E-state index in [0.717, 1.165) is 0 Å². The van der Waals surface area contributed by atoms with Crippen molar-refractivity contribution in [3.63, 3.8) is 0 Å². The van der Waals surface area contributed by atoms with Crippen molar-refractivity contribution in [3.05, 3.63) is 29.8 Å². The first-order valence-electron chi connectivity index (χ1n) is 4.89. The molecule has 0 aliphatic rings. The molecule has 0 radical (unpaired) electrons. The second-order valence-electron chi connectivity index (χ2n) is 3.02. The van der Waals surface area contributed by atoms with Gasteiger partial charge in [-0.3, -0.25) is 0 Å². The summed E-state index contributed by atoms with van der Waals surface area (Å²) in [6, 6.07) is 5.79. The number of benzene rings is 1. The molecule has 0 atom stereocenters. The van der Waals surface area contributed by atoms with Gasteiger partial charge in [0, 0.05) is 0 Å². The fourth-order valence-electron chi connectivity index (χ4n) is 1.04. The molecule has 0 unspecified atom stereocenters. The molecule has 0 fully saturated rings. The van der Waals surface area contributed by atoms with Gasteiger partial charge in [0.1, 0.15) is 12.4 Å². The summed E-state index contributed by atoms with van der Waals surface area (Å²) in [5, 5.41) is 17.4. The Balaban J connectivity index is 2.27. The molecule has 0 aromatic heterocycles. The Labute approximate surface area is 93.2 Å². The molecule has 0 amide bonds. The summed E-state index contributed by atoms with van der Waals surface area (Å²) < 4.78 is 9.81. The topological polar surface area (TPSA) is 76.0 Å². The van der Waals surface area contributed by atoms with Gasteiger partial charge in [-0.1, -0.05) is 0 Å². The lowest BCUT2D eigenvalue weighted by Gasteiger charge is -2.05. The highest BCUT2D eigenvalue weighted by molar-refractivity contribution is 5.89. The number of aliphatic hydroxyl groups is 1. The Hall–Kier alpha value is -1.59. The van der Waals surface area contributed by atoms with Crippen molar-refractivity contribution in [1.82, 2.24) is 0 Å². The van der Waals surface area contributed by atoms with E-state index in [0.29, 0.717) is 5.56 Å². The zero-order valence-electron chi connectivity index (χ0n) is 8.76. The first kappa shape index (κ1) is 12.5. The van der Waals surface area contributed by atoms with Crippen LogP contribution in [0.3, 0.4) is 0 Å². The SMILES string of the molecule is O=C(OCCOCCO)c1ccc(O)cc1. The fraction of sp³-hybridized carbons (Fsp3) is 0.364. The monoisotopic (exact) mass is 226 g/mol. The Bertz CT molecular complexity index is 320. The van der Waals surface area contributed by atoms with Gasteiger partial charge in [-0.25, -0.2) is 4.79 Å². The predicted molar refractivity (Wildman–Crippen MR) is 56.3 cm³/mol. The lowest BCUT2D eigenvalue weighted by molar-refractivity contribution is 0.0258. The molecule has 0 bridgehead atoms. The molecule has 0 saturated heterocycles. The van der Waals surface area contributed by atoms with E-state index in [2.05, 4.69) is 0 Å². The van der Waals surface area contributed by atoms with Crippen molar-refractivity contribution < 1.29 is 24.5 Å². The van der Waals surface area contributed by atoms with E-state index < -0.39 is 5.97 Å². The van der Waals surface area contributed by atoms with Crippen molar-refractivity contribution in [2.75, 3.05) is 26.4 Å². The second kappa shape index (κ2) is 6.81.